The van der Waals surface area contributed by atoms with Crippen LogP contribution >= 0.6 is 0 Å². The normalized spacial score (nSPS) is 10.4. The van der Waals surface area contributed by atoms with Crippen molar-refractivity contribution in [3.05, 3.63) is 60.2 Å². The van der Waals surface area contributed by atoms with Crippen molar-refractivity contribution in [2.75, 3.05) is 13.7 Å². The summed E-state index contributed by atoms with van der Waals surface area (Å²) < 4.78 is 5.11. The summed E-state index contributed by atoms with van der Waals surface area (Å²) in [6.45, 7) is 0.823. The van der Waals surface area contributed by atoms with Crippen LogP contribution in [0.25, 0.3) is 11.1 Å². The molecule has 88 valence electrons. The molecule has 0 heterocycles. The second-order valence-electron chi connectivity index (χ2n) is 4.12. The van der Waals surface area contributed by atoms with Gasteiger partial charge >= 0.3 is 0 Å². The topological polar surface area (TPSA) is 9.23 Å². The summed E-state index contributed by atoms with van der Waals surface area (Å²) in [5, 5.41) is 0. The maximum Gasteiger partial charge on any atom is 0.0465 e. The maximum absolute atomic E-state index is 5.11. The predicted octanol–water partition coefficient (Wildman–Crippen LogP) is 3.93. The average molecular weight is 226 g/mol. The van der Waals surface area contributed by atoms with Crippen LogP contribution in [0.3, 0.4) is 0 Å². The zero-order valence-corrected chi connectivity index (χ0v) is 10.2. The molecule has 0 saturated heterocycles. The van der Waals surface area contributed by atoms with Crippen LogP contribution in [0.1, 0.15) is 12.0 Å². The summed E-state index contributed by atoms with van der Waals surface area (Å²) in [4.78, 5) is 0. The lowest BCUT2D eigenvalue weighted by Crippen LogP contribution is -1.94. The summed E-state index contributed by atoms with van der Waals surface area (Å²) in [7, 11) is 1.75. The van der Waals surface area contributed by atoms with Crippen molar-refractivity contribution in [3.8, 4) is 11.1 Å². The van der Waals surface area contributed by atoms with E-state index >= 15 is 0 Å². The molecule has 0 aromatic heterocycles. The smallest absolute Gasteiger partial charge is 0.0465 e. The molecule has 0 fully saturated rings. The van der Waals surface area contributed by atoms with Gasteiger partial charge < -0.3 is 4.74 Å². The minimum Gasteiger partial charge on any atom is -0.385 e. The summed E-state index contributed by atoms with van der Waals surface area (Å²) >= 11 is 0. The Morgan fingerprint density at radius 1 is 0.882 bits per heavy atom. The average Bonchev–Trinajstić information content (AvgIpc) is 2.41. The molecule has 1 nitrogen and oxygen atoms in total. The molecule has 0 amide bonds. The van der Waals surface area contributed by atoms with Gasteiger partial charge in [0.2, 0.25) is 0 Å². The molecule has 0 radical (unpaired) electrons. The molecule has 2 aromatic carbocycles. The largest absolute Gasteiger partial charge is 0.385 e. The highest BCUT2D eigenvalue weighted by atomic mass is 16.5. The van der Waals surface area contributed by atoms with Gasteiger partial charge in [-0.05, 0) is 29.5 Å². The van der Waals surface area contributed by atoms with Gasteiger partial charge in [-0.15, -0.1) is 0 Å². The molecule has 1 heteroatoms. The molecular weight excluding hydrogens is 208 g/mol. The highest BCUT2D eigenvalue weighted by molar-refractivity contribution is 5.67. The third-order valence-electron chi connectivity index (χ3n) is 2.90. The van der Waals surface area contributed by atoms with Crippen LogP contribution in [0.4, 0.5) is 0 Å². The standard InChI is InChI=1S/C16H18O/c1-17-13-7-11-15-10-5-6-12-16(15)14-8-3-2-4-9-14/h2-6,8-10,12H,7,11,13H2,1H3. The molecule has 0 spiro atoms. The third kappa shape index (κ3) is 3.18. The van der Waals surface area contributed by atoms with Crippen LogP contribution in [-0.4, -0.2) is 13.7 Å². The van der Waals surface area contributed by atoms with Gasteiger partial charge in [0, 0.05) is 13.7 Å². The molecule has 0 N–H and O–H groups in total. The summed E-state index contributed by atoms with van der Waals surface area (Å²) in [5.41, 5.74) is 4.03. The van der Waals surface area contributed by atoms with Gasteiger partial charge in [-0.2, -0.15) is 0 Å². The van der Waals surface area contributed by atoms with E-state index in [1.807, 2.05) is 0 Å². The second-order valence-corrected chi connectivity index (χ2v) is 4.12. The molecular formula is C16H18O. The number of methoxy groups -OCH3 is 1. The SMILES string of the molecule is COCCCc1ccccc1-c1ccccc1. The highest BCUT2D eigenvalue weighted by Gasteiger charge is 2.03. The molecule has 2 rings (SSSR count). The lowest BCUT2D eigenvalue weighted by atomic mass is 9.97. The van der Waals surface area contributed by atoms with Gasteiger partial charge in [0.05, 0.1) is 0 Å². The lowest BCUT2D eigenvalue weighted by Gasteiger charge is -2.09. The quantitative estimate of drug-likeness (QED) is 0.702. The van der Waals surface area contributed by atoms with Crippen molar-refractivity contribution in [2.24, 2.45) is 0 Å². The molecule has 0 unspecified atom stereocenters. The van der Waals surface area contributed by atoms with Crippen molar-refractivity contribution >= 4 is 0 Å². The maximum atomic E-state index is 5.11. The first-order valence-electron chi connectivity index (χ1n) is 6.04. The first-order valence-corrected chi connectivity index (χ1v) is 6.04. The Balaban J connectivity index is 2.22. The van der Waals surface area contributed by atoms with Gasteiger partial charge in [-0.25, -0.2) is 0 Å². The van der Waals surface area contributed by atoms with Crippen molar-refractivity contribution < 1.29 is 4.74 Å². The number of benzene rings is 2. The van der Waals surface area contributed by atoms with Crippen LogP contribution in [0.5, 0.6) is 0 Å². The molecule has 0 atom stereocenters. The first-order chi connectivity index (χ1) is 8.42. The Labute approximate surface area is 103 Å². The molecule has 0 aliphatic heterocycles. The van der Waals surface area contributed by atoms with Gasteiger partial charge in [0.25, 0.3) is 0 Å². The van der Waals surface area contributed by atoms with Crippen LogP contribution in [-0.2, 0) is 11.2 Å². The Kier molecular flexibility index (Phi) is 4.34. The Morgan fingerprint density at radius 3 is 2.35 bits per heavy atom. The van der Waals surface area contributed by atoms with Gasteiger partial charge in [0.15, 0.2) is 0 Å². The highest BCUT2D eigenvalue weighted by Crippen LogP contribution is 2.24. The molecule has 2 aromatic rings. The van der Waals surface area contributed by atoms with Crippen molar-refractivity contribution in [1.82, 2.24) is 0 Å². The Bertz CT molecular complexity index is 448. The van der Waals surface area contributed by atoms with E-state index in [4.69, 9.17) is 4.74 Å². The van der Waals surface area contributed by atoms with Gasteiger partial charge in [-0.1, -0.05) is 54.6 Å². The zero-order chi connectivity index (χ0) is 11.9. The number of rotatable bonds is 5. The fourth-order valence-corrected chi connectivity index (χ4v) is 2.04. The summed E-state index contributed by atoms with van der Waals surface area (Å²) in [6, 6.07) is 19.1. The zero-order valence-electron chi connectivity index (χ0n) is 10.2. The van der Waals surface area contributed by atoms with Crippen molar-refractivity contribution in [2.45, 2.75) is 12.8 Å². The molecule has 17 heavy (non-hydrogen) atoms. The number of hydrogen-bond acceptors (Lipinski definition) is 1. The van der Waals surface area contributed by atoms with E-state index in [1.54, 1.807) is 7.11 Å². The lowest BCUT2D eigenvalue weighted by molar-refractivity contribution is 0.195. The van der Waals surface area contributed by atoms with E-state index in [-0.39, 0.29) is 0 Å². The van der Waals surface area contributed by atoms with Crippen LogP contribution < -0.4 is 0 Å². The van der Waals surface area contributed by atoms with E-state index in [2.05, 4.69) is 54.6 Å². The second kappa shape index (κ2) is 6.21. The number of hydrogen-bond donors (Lipinski definition) is 0. The Hall–Kier alpha value is -1.60. The number of ether oxygens (including phenoxy) is 1. The van der Waals surface area contributed by atoms with Crippen LogP contribution in [0.2, 0.25) is 0 Å². The monoisotopic (exact) mass is 226 g/mol. The van der Waals surface area contributed by atoms with E-state index in [1.165, 1.54) is 16.7 Å². The molecule has 0 bridgehead atoms. The van der Waals surface area contributed by atoms with Crippen LogP contribution in [0.15, 0.2) is 54.6 Å². The van der Waals surface area contributed by atoms with Crippen LogP contribution in [0, 0.1) is 0 Å². The number of aryl methyl sites for hydroxylation is 1. The van der Waals surface area contributed by atoms with E-state index in [9.17, 15) is 0 Å². The minimum atomic E-state index is 0.823. The minimum absolute atomic E-state index is 0.823. The predicted molar refractivity (Wildman–Crippen MR) is 72.1 cm³/mol. The van der Waals surface area contributed by atoms with E-state index in [0.29, 0.717) is 0 Å². The molecule has 0 saturated carbocycles. The molecule has 0 aliphatic carbocycles. The summed E-state index contributed by atoms with van der Waals surface area (Å²) in [6.07, 6.45) is 2.14. The fraction of sp³-hybridized carbons (Fsp3) is 0.250. The first kappa shape index (κ1) is 11.9. The van der Waals surface area contributed by atoms with Gasteiger partial charge in [-0.3, -0.25) is 0 Å². The van der Waals surface area contributed by atoms with Gasteiger partial charge in [0.1, 0.15) is 0 Å². The fourth-order valence-electron chi connectivity index (χ4n) is 2.04. The van der Waals surface area contributed by atoms with E-state index in [0.717, 1.165) is 19.4 Å². The summed E-state index contributed by atoms with van der Waals surface area (Å²) in [5.74, 6) is 0. The van der Waals surface area contributed by atoms with E-state index < -0.39 is 0 Å². The Morgan fingerprint density at radius 2 is 1.59 bits per heavy atom. The van der Waals surface area contributed by atoms with Crippen molar-refractivity contribution in [1.29, 1.82) is 0 Å². The molecule has 0 aliphatic rings. The third-order valence-corrected chi connectivity index (χ3v) is 2.90. The van der Waals surface area contributed by atoms with Crippen molar-refractivity contribution in [3.63, 3.8) is 0 Å².